The van der Waals surface area contributed by atoms with Crippen molar-refractivity contribution in [1.82, 2.24) is 10.3 Å². The van der Waals surface area contributed by atoms with E-state index in [1.807, 2.05) is 12.3 Å². The summed E-state index contributed by atoms with van der Waals surface area (Å²) in [5, 5.41) is 3.32. The quantitative estimate of drug-likeness (QED) is 0.904. The van der Waals surface area contributed by atoms with E-state index in [1.165, 1.54) is 36.8 Å². The number of nitrogens with zero attached hydrogens (tertiary/aromatic N) is 1. The smallest absolute Gasteiger partial charge is 0.134 e. The van der Waals surface area contributed by atoms with Gasteiger partial charge in [0.2, 0.25) is 0 Å². The van der Waals surface area contributed by atoms with Crippen LogP contribution in [-0.4, -0.2) is 11.5 Å². The number of aromatic nitrogens is 1. The third kappa shape index (κ3) is 3.42. The molecule has 0 atom stereocenters. The van der Waals surface area contributed by atoms with Crippen molar-refractivity contribution < 1.29 is 4.74 Å². The molecule has 0 bridgehead atoms. The number of ether oxygens (including phenoxy) is 1. The molecule has 2 aromatic rings. The van der Waals surface area contributed by atoms with Crippen LogP contribution in [0.3, 0.4) is 0 Å². The zero-order chi connectivity index (χ0) is 14.5. The Balaban J connectivity index is 1.80. The van der Waals surface area contributed by atoms with Crippen LogP contribution in [0, 0.1) is 0 Å². The summed E-state index contributed by atoms with van der Waals surface area (Å²) in [6.45, 7) is 3.82. The second-order valence-electron chi connectivity index (χ2n) is 5.50. The third-order valence-corrected chi connectivity index (χ3v) is 3.97. The van der Waals surface area contributed by atoms with Gasteiger partial charge in [0.15, 0.2) is 0 Å². The summed E-state index contributed by atoms with van der Waals surface area (Å²) in [6, 6.07) is 8.44. The highest BCUT2D eigenvalue weighted by Gasteiger charge is 2.11. The maximum absolute atomic E-state index is 6.09. The molecule has 21 heavy (non-hydrogen) atoms. The van der Waals surface area contributed by atoms with Crippen molar-refractivity contribution in [2.24, 2.45) is 0 Å². The van der Waals surface area contributed by atoms with E-state index in [4.69, 9.17) is 4.74 Å². The first-order valence-electron chi connectivity index (χ1n) is 7.80. The highest BCUT2D eigenvalue weighted by molar-refractivity contribution is 5.41. The third-order valence-electron chi connectivity index (χ3n) is 3.97. The molecule has 1 N–H and O–H groups in total. The molecule has 1 aromatic heterocycles. The van der Waals surface area contributed by atoms with E-state index >= 15 is 0 Å². The molecular formula is C18H22N2O. The summed E-state index contributed by atoms with van der Waals surface area (Å²) >= 11 is 0. The second kappa shape index (κ2) is 6.72. The van der Waals surface area contributed by atoms with Gasteiger partial charge in [0, 0.05) is 24.5 Å². The predicted octanol–water partition coefficient (Wildman–Crippen LogP) is 3.86. The van der Waals surface area contributed by atoms with Crippen LogP contribution in [0.15, 0.2) is 36.7 Å². The van der Waals surface area contributed by atoms with Crippen LogP contribution >= 0.6 is 0 Å². The minimum atomic E-state index is 0.782. The van der Waals surface area contributed by atoms with Gasteiger partial charge in [0.05, 0.1) is 0 Å². The number of benzene rings is 1. The van der Waals surface area contributed by atoms with E-state index in [0.29, 0.717) is 0 Å². The maximum atomic E-state index is 6.09. The molecule has 0 spiro atoms. The fraction of sp³-hybridized carbons (Fsp3) is 0.389. The van der Waals surface area contributed by atoms with Gasteiger partial charge >= 0.3 is 0 Å². The molecule has 3 heteroatoms. The average molecular weight is 282 g/mol. The lowest BCUT2D eigenvalue weighted by atomic mass is 9.92. The first-order valence-corrected chi connectivity index (χ1v) is 7.80. The number of rotatable bonds is 5. The predicted molar refractivity (Wildman–Crippen MR) is 84.8 cm³/mol. The lowest BCUT2D eigenvalue weighted by Crippen LogP contribution is -2.12. The largest absolute Gasteiger partial charge is 0.457 e. The van der Waals surface area contributed by atoms with Gasteiger partial charge in [0.25, 0.3) is 0 Å². The van der Waals surface area contributed by atoms with E-state index in [-0.39, 0.29) is 0 Å². The van der Waals surface area contributed by atoms with Crippen LogP contribution in [0.4, 0.5) is 0 Å². The van der Waals surface area contributed by atoms with E-state index in [1.54, 1.807) is 6.20 Å². The van der Waals surface area contributed by atoms with Crippen LogP contribution in [0.2, 0.25) is 0 Å². The van der Waals surface area contributed by atoms with Gasteiger partial charge in [-0.3, -0.25) is 4.98 Å². The van der Waals surface area contributed by atoms with Crippen LogP contribution in [0.5, 0.6) is 11.5 Å². The minimum Gasteiger partial charge on any atom is -0.457 e. The Morgan fingerprint density at radius 3 is 2.86 bits per heavy atom. The summed E-state index contributed by atoms with van der Waals surface area (Å²) in [6.07, 6.45) is 8.63. The van der Waals surface area contributed by atoms with Gasteiger partial charge in [-0.2, -0.15) is 0 Å². The Bertz CT molecular complexity index is 610. The molecule has 1 aliphatic carbocycles. The van der Waals surface area contributed by atoms with Gasteiger partial charge in [-0.1, -0.05) is 13.0 Å². The van der Waals surface area contributed by atoms with Crippen LogP contribution in [0.25, 0.3) is 0 Å². The molecule has 0 fully saturated rings. The average Bonchev–Trinajstić information content (AvgIpc) is 2.54. The monoisotopic (exact) mass is 282 g/mol. The van der Waals surface area contributed by atoms with E-state index < -0.39 is 0 Å². The fourth-order valence-corrected chi connectivity index (χ4v) is 2.81. The number of aryl methyl sites for hydroxylation is 2. The van der Waals surface area contributed by atoms with E-state index in [9.17, 15) is 0 Å². The summed E-state index contributed by atoms with van der Waals surface area (Å²) in [7, 11) is 0. The van der Waals surface area contributed by atoms with E-state index in [0.717, 1.165) is 30.2 Å². The molecule has 0 amide bonds. The summed E-state index contributed by atoms with van der Waals surface area (Å²) in [5.41, 5.74) is 4.02. The number of nitrogens with one attached hydrogen (secondary N) is 1. The van der Waals surface area contributed by atoms with Crippen molar-refractivity contribution in [3.63, 3.8) is 0 Å². The standard InChI is InChI=1S/C18H22N2O/c1-2-19-12-16-13-20-10-9-18(16)21-17-8-7-14-5-3-4-6-15(14)11-17/h7-11,13,19H,2-6,12H2,1H3. The normalized spacial score (nSPS) is 13.8. The number of hydrogen-bond donors (Lipinski definition) is 1. The molecule has 3 nitrogen and oxygen atoms in total. The van der Waals surface area contributed by atoms with E-state index in [2.05, 4.69) is 35.4 Å². The molecule has 0 saturated carbocycles. The first-order chi connectivity index (χ1) is 10.4. The number of hydrogen-bond acceptors (Lipinski definition) is 3. The topological polar surface area (TPSA) is 34.2 Å². The zero-order valence-corrected chi connectivity index (χ0v) is 12.6. The van der Waals surface area contributed by atoms with Crippen molar-refractivity contribution in [3.8, 4) is 11.5 Å². The van der Waals surface area contributed by atoms with Crippen molar-refractivity contribution in [2.75, 3.05) is 6.54 Å². The van der Waals surface area contributed by atoms with Gasteiger partial charge in [-0.15, -0.1) is 0 Å². The Morgan fingerprint density at radius 2 is 2.00 bits per heavy atom. The highest BCUT2D eigenvalue weighted by Crippen LogP contribution is 2.29. The summed E-state index contributed by atoms with van der Waals surface area (Å²) in [5.74, 6) is 1.82. The molecule has 0 aliphatic heterocycles. The van der Waals surface area contributed by atoms with Crippen LogP contribution in [0.1, 0.15) is 36.5 Å². The number of fused-ring (bicyclic) bond motifs is 1. The lowest BCUT2D eigenvalue weighted by Gasteiger charge is -2.17. The van der Waals surface area contributed by atoms with Gasteiger partial charge < -0.3 is 10.1 Å². The van der Waals surface area contributed by atoms with Gasteiger partial charge in [-0.25, -0.2) is 0 Å². The molecule has 0 saturated heterocycles. The molecule has 0 radical (unpaired) electrons. The van der Waals surface area contributed by atoms with Crippen molar-refractivity contribution >= 4 is 0 Å². The first kappa shape index (κ1) is 14.1. The Morgan fingerprint density at radius 1 is 1.14 bits per heavy atom. The van der Waals surface area contributed by atoms with Crippen molar-refractivity contribution in [2.45, 2.75) is 39.2 Å². The van der Waals surface area contributed by atoms with Gasteiger partial charge in [0.1, 0.15) is 11.5 Å². The molecule has 110 valence electrons. The van der Waals surface area contributed by atoms with Crippen molar-refractivity contribution in [1.29, 1.82) is 0 Å². The van der Waals surface area contributed by atoms with Gasteiger partial charge in [-0.05, 0) is 61.6 Å². The van der Waals surface area contributed by atoms with Crippen LogP contribution < -0.4 is 10.1 Å². The van der Waals surface area contributed by atoms with Crippen molar-refractivity contribution in [3.05, 3.63) is 53.3 Å². The molecule has 1 aliphatic rings. The SMILES string of the molecule is CCNCc1cnccc1Oc1ccc2c(c1)CCCC2. The fourth-order valence-electron chi connectivity index (χ4n) is 2.81. The highest BCUT2D eigenvalue weighted by atomic mass is 16.5. The second-order valence-corrected chi connectivity index (χ2v) is 5.50. The molecule has 0 unspecified atom stereocenters. The Labute approximate surface area is 126 Å². The van der Waals surface area contributed by atoms with Crippen LogP contribution in [-0.2, 0) is 19.4 Å². The molecular weight excluding hydrogens is 260 g/mol. The zero-order valence-electron chi connectivity index (χ0n) is 12.6. The maximum Gasteiger partial charge on any atom is 0.134 e. The Hall–Kier alpha value is -1.87. The Kier molecular flexibility index (Phi) is 4.51. The summed E-state index contributed by atoms with van der Waals surface area (Å²) < 4.78 is 6.09. The molecule has 3 rings (SSSR count). The number of pyridine rings is 1. The summed E-state index contributed by atoms with van der Waals surface area (Å²) in [4.78, 5) is 4.19. The lowest BCUT2D eigenvalue weighted by molar-refractivity contribution is 0.470. The minimum absolute atomic E-state index is 0.782. The molecule has 1 aromatic carbocycles. The molecule has 1 heterocycles.